The van der Waals surface area contributed by atoms with Gasteiger partial charge in [0.15, 0.2) is 1.41 Å². The lowest BCUT2D eigenvalue weighted by Gasteiger charge is -2.22. The summed E-state index contributed by atoms with van der Waals surface area (Å²) in [5, 5.41) is 18.8. The van der Waals surface area contributed by atoms with Crippen molar-refractivity contribution in [1.29, 1.82) is 0 Å². The number of benzene rings is 2. The minimum Gasteiger partial charge on any atom is -0.481 e. The maximum Gasteiger partial charge on any atom is 0.339 e. The number of aliphatic carboxylic acids is 2. The van der Waals surface area contributed by atoms with Gasteiger partial charge in [0.1, 0.15) is 6.04 Å². The molecule has 2 unspecified atom stereocenters. The zero-order chi connectivity index (χ0) is 19.8. The van der Waals surface area contributed by atoms with E-state index in [-0.39, 0.29) is 17.5 Å². The molecule has 0 heterocycles. The van der Waals surface area contributed by atoms with Crippen LogP contribution in [0.3, 0.4) is 0 Å². The molecule has 1 radical (unpaired) electrons. The molecule has 3 N–H and O–H groups in total. The fourth-order valence-corrected chi connectivity index (χ4v) is 2.38. The molecule has 0 saturated heterocycles. The number of carbonyl (C=O) groups is 2. The number of nitrogens with one attached hydrogen (secondary N) is 1. The van der Waals surface area contributed by atoms with Crippen molar-refractivity contribution >= 4 is 18.2 Å². The topological polar surface area (TPSA) is 113 Å². The quantitative estimate of drug-likeness (QED) is 0.555. The van der Waals surface area contributed by atoms with E-state index in [1.165, 1.54) is 18.4 Å². The van der Waals surface area contributed by atoms with Crippen LogP contribution in [0.5, 0.6) is 0 Å². The SMILES string of the molecule is [2H]N(OC(C(=O)O)c1ccccc1)[C@H]([C]=O)C(Cc1ccccc1)C(=O)O. The van der Waals surface area contributed by atoms with E-state index in [1.807, 2.05) is 0 Å². The van der Waals surface area contributed by atoms with Gasteiger partial charge in [0.05, 0.1) is 5.92 Å². The summed E-state index contributed by atoms with van der Waals surface area (Å²) in [6.07, 6.45) is -0.119. The maximum atomic E-state index is 11.6. The Morgan fingerprint density at radius 2 is 1.62 bits per heavy atom. The van der Waals surface area contributed by atoms with E-state index in [2.05, 4.69) is 0 Å². The first-order valence-electron chi connectivity index (χ1n) is 8.25. The monoisotopic (exact) mass is 357 g/mol. The van der Waals surface area contributed by atoms with Gasteiger partial charge in [0.25, 0.3) is 0 Å². The van der Waals surface area contributed by atoms with Gasteiger partial charge in [-0.25, -0.2) is 4.79 Å². The van der Waals surface area contributed by atoms with E-state index in [4.69, 9.17) is 6.25 Å². The highest BCUT2D eigenvalue weighted by Crippen LogP contribution is 2.18. The second-order valence-electron chi connectivity index (χ2n) is 5.54. The third-order valence-corrected chi connectivity index (χ3v) is 3.72. The molecule has 0 spiro atoms. The molecule has 0 aliphatic rings. The van der Waals surface area contributed by atoms with Crippen LogP contribution in [-0.4, -0.2) is 34.5 Å². The molecule has 0 bridgehead atoms. The summed E-state index contributed by atoms with van der Waals surface area (Å²) in [7, 11) is 0. The van der Waals surface area contributed by atoms with Crippen molar-refractivity contribution in [2.75, 3.05) is 0 Å². The van der Waals surface area contributed by atoms with Gasteiger partial charge in [-0.2, -0.15) is 5.47 Å². The van der Waals surface area contributed by atoms with Gasteiger partial charge in [-0.05, 0) is 17.5 Å². The Balaban J connectivity index is 2.21. The van der Waals surface area contributed by atoms with Crippen LogP contribution in [0.4, 0.5) is 0 Å². The van der Waals surface area contributed by atoms with Crippen LogP contribution in [0.25, 0.3) is 0 Å². The summed E-state index contributed by atoms with van der Waals surface area (Å²) in [6, 6.07) is 14.8. The van der Waals surface area contributed by atoms with Crippen molar-refractivity contribution in [3.63, 3.8) is 0 Å². The number of rotatable bonds is 10. The molecular formula is C19H18NO6. The lowest BCUT2D eigenvalue weighted by atomic mass is 9.93. The van der Waals surface area contributed by atoms with Gasteiger partial charge in [-0.3, -0.25) is 14.4 Å². The Morgan fingerprint density at radius 1 is 1.04 bits per heavy atom. The second-order valence-corrected chi connectivity index (χ2v) is 5.54. The van der Waals surface area contributed by atoms with Crippen molar-refractivity contribution < 1.29 is 30.8 Å². The van der Waals surface area contributed by atoms with E-state index in [0.717, 1.165) is 0 Å². The largest absolute Gasteiger partial charge is 0.481 e. The van der Waals surface area contributed by atoms with Crippen LogP contribution in [0, 0.1) is 5.92 Å². The molecule has 26 heavy (non-hydrogen) atoms. The van der Waals surface area contributed by atoms with Gasteiger partial charge in [0.2, 0.25) is 12.4 Å². The lowest BCUT2D eigenvalue weighted by Crippen LogP contribution is -2.43. The van der Waals surface area contributed by atoms with Gasteiger partial charge >= 0.3 is 11.9 Å². The molecule has 0 fully saturated rings. The van der Waals surface area contributed by atoms with Gasteiger partial charge < -0.3 is 10.2 Å². The summed E-state index contributed by atoms with van der Waals surface area (Å²) < 4.78 is 7.91. The third kappa shape index (κ3) is 5.23. The van der Waals surface area contributed by atoms with Gasteiger partial charge in [-0.15, -0.1) is 0 Å². The number of hydrogen-bond donors (Lipinski definition) is 3. The van der Waals surface area contributed by atoms with E-state index in [0.29, 0.717) is 5.56 Å². The van der Waals surface area contributed by atoms with Crippen LogP contribution >= 0.6 is 0 Å². The van der Waals surface area contributed by atoms with Crippen molar-refractivity contribution in [2.45, 2.75) is 18.6 Å². The molecule has 7 nitrogen and oxygen atoms in total. The van der Waals surface area contributed by atoms with Crippen LogP contribution in [-0.2, 0) is 25.6 Å². The molecule has 0 amide bonds. The Hall–Kier alpha value is -3.03. The first-order chi connectivity index (χ1) is 12.9. The highest BCUT2D eigenvalue weighted by molar-refractivity contribution is 5.77. The number of hydroxylamine groups is 1. The van der Waals surface area contributed by atoms with Crippen molar-refractivity contribution in [2.24, 2.45) is 5.92 Å². The van der Waals surface area contributed by atoms with E-state index < -0.39 is 30.0 Å². The third-order valence-electron chi connectivity index (χ3n) is 3.72. The molecule has 2 aromatic carbocycles. The lowest BCUT2D eigenvalue weighted by molar-refractivity contribution is -0.159. The Bertz CT molecular complexity index is 770. The molecular weight excluding hydrogens is 338 g/mol. The predicted octanol–water partition coefficient (Wildman–Crippen LogP) is 1.76. The molecule has 2 aromatic rings. The normalized spacial score (nSPS) is 14.9. The first kappa shape index (κ1) is 17.8. The van der Waals surface area contributed by atoms with E-state index in [9.17, 15) is 24.6 Å². The first-order valence-corrected chi connectivity index (χ1v) is 7.81. The molecule has 7 heteroatoms. The predicted molar refractivity (Wildman–Crippen MR) is 91.8 cm³/mol. The zero-order valence-corrected chi connectivity index (χ0v) is 13.7. The Kier molecular flexibility index (Phi) is 6.46. The summed E-state index contributed by atoms with van der Waals surface area (Å²) >= 11 is 0. The van der Waals surface area contributed by atoms with Crippen LogP contribution in [0.2, 0.25) is 1.41 Å². The molecule has 0 aliphatic heterocycles. The molecule has 0 saturated carbocycles. The summed E-state index contributed by atoms with van der Waals surface area (Å²) in [5.41, 5.74) is 1.11. The van der Waals surface area contributed by atoms with E-state index in [1.54, 1.807) is 48.5 Å². The smallest absolute Gasteiger partial charge is 0.339 e. The summed E-state index contributed by atoms with van der Waals surface area (Å²) in [5.74, 6) is -4.04. The minimum atomic E-state index is -1.62. The highest BCUT2D eigenvalue weighted by Gasteiger charge is 2.31. The molecule has 2 rings (SSSR count). The molecule has 3 atom stereocenters. The summed E-state index contributed by atoms with van der Waals surface area (Å²) in [4.78, 5) is 39.6. The Labute approximate surface area is 151 Å². The van der Waals surface area contributed by atoms with Crippen LogP contribution in [0.15, 0.2) is 60.7 Å². The summed E-state index contributed by atoms with van der Waals surface area (Å²) in [6.45, 7) is 0. The standard InChI is InChI=1S/C19H18NO6/c21-12-16(15(18(22)23)11-13-7-3-1-4-8-13)20-26-17(19(24)25)14-9-5-2-6-10-14/h1-10,15-17,20H,11H2,(H,22,23)(H,24,25)/t15?,16-,17?/m1/s1/i/hD. The second kappa shape index (κ2) is 9.45. The number of carbonyl (C=O) groups excluding carboxylic acids is 1. The fourth-order valence-electron chi connectivity index (χ4n) is 2.38. The van der Waals surface area contributed by atoms with Gasteiger partial charge in [0, 0.05) is 0 Å². The maximum absolute atomic E-state index is 11.6. The van der Waals surface area contributed by atoms with Crippen molar-refractivity contribution in [3.05, 3.63) is 71.8 Å². The molecule has 0 aromatic heterocycles. The van der Waals surface area contributed by atoms with Crippen molar-refractivity contribution in [1.82, 2.24) is 5.47 Å². The number of carboxylic acid groups (broad SMARTS) is 2. The number of carboxylic acids is 2. The van der Waals surface area contributed by atoms with Crippen LogP contribution in [0.1, 0.15) is 17.2 Å². The average Bonchev–Trinajstić information content (AvgIpc) is 2.67. The average molecular weight is 357 g/mol. The van der Waals surface area contributed by atoms with Crippen LogP contribution < -0.4 is 5.47 Å². The van der Waals surface area contributed by atoms with Crippen molar-refractivity contribution in [3.8, 4) is 0 Å². The fraction of sp³-hybridized carbons (Fsp3) is 0.211. The highest BCUT2D eigenvalue weighted by atomic mass is 16.7. The number of hydrogen-bond acceptors (Lipinski definition) is 5. The minimum absolute atomic E-state index is 0.0438. The zero-order valence-electron chi connectivity index (χ0n) is 14.7. The molecule has 135 valence electrons. The van der Waals surface area contributed by atoms with Gasteiger partial charge in [-0.1, -0.05) is 60.7 Å². The molecule has 0 aliphatic carbocycles. The Morgan fingerprint density at radius 3 is 2.12 bits per heavy atom. The van der Waals surface area contributed by atoms with E-state index >= 15 is 0 Å².